The first-order valence-corrected chi connectivity index (χ1v) is 9.18. The number of fused-ring (bicyclic) bond motifs is 1. The Labute approximate surface area is 171 Å². The minimum absolute atomic E-state index is 0. The Morgan fingerprint density at radius 3 is 2.74 bits per heavy atom. The van der Waals surface area contributed by atoms with E-state index in [9.17, 15) is 0 Å². The van der Waals surface area contributed by atoms with Gasteiger partial charge in [0.2, 0.25) is 0 Å². The summed E-state index contributed by atoms with van der Waals surface area (Å²) in [6.45, 7) is 1.95. The number of rotatable bonds is 4. The maximum Gasteiger partial charge on any atom is 0.172 e. The van der Waals surface area contributed by atoms with Crippen molar-refractivity contribution in [1.82, 2.24) is 19.7 Å². The maximum atomic E-state index is 6.12. The molecular formula is C18H17Cl2N5OS. The highest BCUT2D eigenvalue weighted by Crippen LogP contribution is 2.33. The number of hydrogen-bond acceptors (Lipinski definition) is 6. The first kappa shape index (κ1) is 19.4. The van der Waals surface area contributed by atoms with Gasteiger partial charge >= 0.3 is 0 Å². The number of hydrogen-bond donors (Lipinski definition) is 1. The zero-order valence-electron chi connectivity index (χ0n) is 14.9. The molecule has 0 bridgehead atoms. The van der Waals surface area contributed by atoms with Crippen LogP contribution >= 0.6 is 35.3 Å². The van der Waals surface area contributed by atoms with E-state index in [0.29, 0.717) is 22.4 Å². The minimum atomic E-state index is 0. The van der Waals surface area contributed by atoms with Crippen molar-refractivity contribution in [3.05, 3.63) is 46.4 Å². The Morgan fingerprint density at radius 1 is 1.22 bits per heavy atom. The molecule has 0 spiro atoms. The molecule has 0 radical (unpaired) electrons. The molecule has 1 aromatic carbocycles. The van der Waals surface area contributed by atoms with Crippen molar-refractivity contribution in [1.29, 1.82) is 0 Å². The number of aryl methyl sites for hydroxylation is 2. The molecular weight excluding hydrogens is 405 g/mol. The fourth-order valence-corrected chi connectivity index (χ4v) is 3.67. The van der Waals surface area contributed by atoms with Crippen molar-refractivity contribution in [3.8, 4) is 16.5 Å². The lowest BCUT2D eigenvalue weighted by Gasteiger charge is -2.11. The molecule has 27 heavy (non-hydrogen) atoms. The molecule has 3 aromatic heterocycles. The molecule has 0 aliphatic rings. The van der Waals surface area contributed by atoms with Gasteiger partial charge in [-0.1, -0.05) is 17.7 Å². The number of nitrogens with zero attached hydrogens (tertiary/aromatic N) is 4. The van der Waals surface area contributed by atoms with Gasteiger partial charge < -0.3 is 10.1 Å². The molecule has 9 heteroatoms. The van der Waals surface area contributed by atoms with Crippen molar-refractivity contribution < 1.29 is 4.74 Å². The van der Waals surface area contributed by atoms with E-state index in [-0.39, 0.29) is 12.4 Å². The Bertz CT molecular complexity index is 1100. The first-order chi connectivity index (χ1) is 12.6. The second-order valence-corrected chi connectivity index (χ2v) is 7.11. The molecule has 6 nitrogen and oxygen atoms in total. The lowest BCUT2D eigenvalue weighted by atomic mass is 10.2. The van der Waals surface area contributed by atoms with Gasteiger partial charge in [-0.2, -0.15) is 5.10 Å². The largest absolute Gasteiger partial charge is 0.495 e. The minimum Gasteiger partial charge on any atom is -0.495 e. The van der Waals surface area contributed by atoms with Crippen LogP contribution < -0.4 is 10.1 Å². The fraction of sp³-hybridized carbons (Fsp3) is 0.167. The topological polar surface area (TPSA) is 64.9 Å². The second kappa shape index (κ2) is 7.72. The Morgan fingerprint density at radius 2 is 2.04 bits per heavy atom. The van der Waals surface area contributed by atoms with E-state index >= 15 is 0 Å². The summed E-state index contributed by atoms with van der Waals surface area (Å²) in [4.78, 5) is 10.5. The number of ether oxygens (including phenoxy) is 1. The zero-order valence-corrected chi connectivity index (χ0v) is 17.2. The van der Waals surface area contributed by atoms with E-state index in [4.69, 9.17) is 26.3 Å². The number of methoxy groups -OCH3 is 1. The van der Waals surface area contributed by atoms with Gasteiger partial charge in [0.05, 0.1) is 22.7 Å². The lowest BCUT2D eigenvalue weighted by molar-refractivity contribution is 0.415. The fourth-order valence-electron chi connectivity index (χ4n) is 2.81. The quantitative estimate of drug-likeness (QED) is 0.488. The van der Waals surface area contributed by atoms with Crippen LogP contribution in [0.15, 0.2) is 35.7 Å². The first-order valence-electron chi connectivity index (χ1n) is 7.92. The number of thiophene rings is 1. The zero-order chi connectivity index (χ0) is 18.3. The van der Waals surface area contributed by atoms with E-state index in [2.05, 4.69) is 10.4 Å². The third kappa shape index (κ3) is 3.58. The van der Waals surface area contributed by atoms with Gasteiger partial charge in [-0.3, -0.25) is 4.68 Å². The van der Waals surface area contributed by atoms with Gasteiger partial charge in [-0.05, 0) is 30.5 Å². The van der Waals surface area contributed by atoms with Gasteiger partial charge in [0, 0.05) is 18.8 Å². The average Bonchev–Trinajstić information content (AvgIpc) is 3.25. The van der Waals surface area contributed by atoms with Crippen LogP contribution in [0.3, 0.4) is 0 Å². The van der Waals surface area contributed by atoms with Crippen LogP contribution in [0.4, 0.5) is 11.5 Å². The van der Waals surface area contributed by atoms with Crippen molar-refractivity contribution in [2.24, 2.45) is 7.05 Å². The second-order valence-electron chi connectivity index (χ2n) is 5.75. The van der Waals surface area contributed by atoms with Gasteiger partial charge in [0.1, 0.15) is 16.8 Å². The summed E-state index contributed by atoms with van der Waals surface area (Å²) in [7, 11) is 3.48. The summed E-state index contributed by atoms with van der Waals surface area (Å²) >= 11 is 7.73. The van der Waals surface area contributed by atoms with E-state index in [0.717, 1.165) is 27.3 Å². The number of anilines is 2. The molecule has 0 aliphatic carbocycles. The number of benzene rings is 1. The summed E-state index contributed by atoms with van der Waals surface area (Å²) in [5, 5.41) is 10.4. The molecule has 0 amide bonds. The Hall–Kier alpha value is -2.35. The summed E-state index contributed by atoms with van der Waals surface area (Å²) in [6, 6.07) is 9.50. The van der Waals surface area contributed by atoms with Crippen LogP contribution in [-0.4, -0.2) is 26.9 Å². The molecule has 0 aliphatic heterocycles. The van der Waals surface area contributed by atoms with Crippen LogP contribution in [0, 0.1) is 6.92 Å². The predicted molar refractivity (Wildman–Crippen MR) is 113 cm³/mol. The third-order valence-corrected chi connectivity index (χ3v) is 5.18. The molecule has 4 aromatic rings. The Kier molecular flexibility index (Phi) is 5.55. The Balaban J connectivity index is 0.00000210. The SMILES string of the molecule is COc1cc(Nc2nc(-c3cccs3)nc3c(C)nn(C)c23)ccc1Cl.Cl. The smallest absolute Gasteiger partial charge is 0.172 e. The summed E-state index contributed by atoms with van der Waals surface area (Å²) < 4.78 is 7.09. The van der Waals surface area contributed by atoms with Gasteiger partial charge in [0.25, 0.3) is 0 Å². The van der Waals surface area contributed by atoms with E-state index in [1.807, 2.05) is 43.6 Å². The molecule has 0 atom stereocenters. The van der Waals surface area contributed by atoms with Crippen molar-refractivity contribution in [2.75, 3.05) is 12.4 Å². The van der Waals surface area contributed by atoms with E-state index in [1.165, 1.54) is 0 Å². The molecule has 140 valence electrons. The van der Waals surface area contributed by atoms with Crippen molar-refractivity contribution in [2.45, 2.75) is 6.92 Å². The molecule has 1 N–H and O–H groups in total. The molecule has 4 rings (SSSR count). The van der Waals surface area contributed by atoms with Crippen molar-refractivity contribution in [3.63, 3.8) is 0 Å². The van der Waals surface area contributed by atoms with Gasteiger partial charge in [0.15, 0.2) is 11.6 Å². The van der Waals surface area contributed by atoms with Crippen molar-refractivity contribution >= 4 is 57.9 Å². The summed E-state index contributed by atoms with van der Waals surface area (Å²) in [5.74, 6) is 1.96. The van der Waals surface area contributed by atoms with Gasteiger partial charge in [-0.15, -0.1) is 23.7 Å². The predicted octanol–water partition coefficient (Wildman–Crippen LogP) is 5.23. The molecule has 0 saturated carbocycles. The van der Waals surface area contributed by atoms with Crippen LogP contribution in [-0.2, 0) is 7.05 Å². The molecule has 3 heterocycles. The molecule has 0 fully saturated rings. The van der Waals surface area contributed by atoms with E-state index in [1.54, 1.807) is 29.2 Å². The van der Waals surface area contributed by atoms with Crippen LogP contribution in [0.5, 0.6) is 5.75 Å². The van der Waals surface area contributed by atoms with Gasteiger partial charge in [-0.25, -0.2) is 9.97 Å². The highest BCUT2D eigenvalue weighted by molar-refractivity contribution is 7.13. The van der Waals surface area contributed by atoms with Crippen LogP contribution in [0.25, 0.3) is 21.7 Å². The lowest BCUT2D eigenvalue weighted by Crippen LogP contribution is -2.01. The number of nitrogens with one attached hydrogen (secondary N) is 1. The number of aromatic nitrogens is 4. The standard InChI is InChI=1S/C18H16ClN5OS.ClH/c1-10-15-16(24(2)23-10)18(22-17(21-15)14-5-4-8-26-14)20-11-6-7-12(19)13(9-11)25-3;/h4-9H,1-3H3,(H,20,21,22);1H. The summed E-state index contributed by atoms with van der Waals surface area (Å²) in [5.41, 5.74) is 3.35. The summed E-state index contributed by atoms with van der Waals surface area (Å²) in [6.07, 6.45) is 0. The highest BCUT2D eigenvalue weighted by Gasteiger charge is 2.17. The van der Waals surface area contributed by atoms with Crippen LogP contribution in [0.1, 0.15) is 5.69 Å². The molecule has 0 saturated heterocycles. The van der Waals surface area contributed by atoms with E-state index < -0.39 is 0 Å². The normalized spacial score (nSPS) is 10.7. The average molecular weight is 422 g/mol. The molecule has 0 unspecified atom stereocenters. The maximum absolute atomic E-state index is 6.12. The van der Waals surface area contributed by atoms with Crippen LogP contribution in [0.2, 0.25) is 5.02 Å². The number of halogens is 2. The monoisotopic (exact) mass is 421 g/mol. The third-order valence-electron chi connectivity index (χ3n) is 4.01. The highest BCUT2D eigenvalue weighted by atomic mass is 35.5.